The minimum atomic E-state index is -0.805. The number of benzene rings is 2. The fourth-order valence-electron chi connectivity index (χ4n) is 5.78. The number of fused-ring (bicyclic) bond motifs is 1. The minimum Gasteiger partial charge on any atom is -0.872 e. The number of nitrogens with one attached hydrogen (secondary N) is 1. The Bertz CT molecular complexity index is 1270. The number of likely N-dealkylation sites (tertiary alicyclic amines) is 1. The fourth-order valence-corrected chi connectivity index (χ4v) is 5.78. The Morgan fingerprint density at radius 3 is 2.54 bits per heavy atom. The molecule has 41 heavy (non-hydrogen) atoms. The molecule has 1 N–H and O–H groups in total. The van der Waals surface area contributed by atoms with E-state index in [2.05, 4.69) is 20.8 Å². The first-order valence-electron chi connectivity index (χ1n) is 15.0. The number of ether oxygens (including phenoxy) is 3. The second kappa shape index (κ2) is 13.9. The first-order valence-corrected chi connectivity index (χ1v) is 15.0. The topological polar surface area (TPSA) is 92.6 Å². The molecule has 1 saturated heterocycles. The summed E-state index contributed by atoms with van der Waals surface area (Å²) in [6, 6.07) is 9.89. The highest BCUT2D eigenvalue weighted by atomic mass is 16.5. The summed E-state index contributed by atoms with van der Waals surface area (Å²) in [5.41, 5.74) is 1.96. The Morgan fingerprint density at radius 2 is 1.83 bits per heavy atom. The molecule has 222 valence electrons. The number of rotatable bonds is 14. The molecular formula is C33H44N2O6. The molecule has 2 aromatic rings. The molecule has 4 rings (SSSR count). The highest BCUT2D eigenvalue weighted by molar-refractivity contribution is 6.46. The third-order valence-corrected chi connectivity index (χ3v) is 8.13. The van der Waals surface area contributed by atoms with Crippen LogP contribution < -0.4 is 24.2 Å². The van der Waals surface area contributed by atoms with Crippen LogP contribution in [0.3, 0.4) is 0 Å². The predicted octanol–water partition coefficient (Wildman–Crippen LogP) is 3.13. The summed E-state index contributed by atoms with van der Waals surface area (Å²) in [4.78, 5) is 29.9. The normalized spacial score (nSPS) is 19.5. The van der Waals surface area contributed by atoms with Gasteiger partial charge < -0.3 is 29.1 Å². The van der Waals surface area contributed by atoms with Gasteiger partial charge in [0.15, 0.2) is 11.5 Å². The number of nitrogens with zero attached hydrogens (tertiary/aromatic N) is 1. The van der Waals surface area contributed by atoms with E-state index in [-0.39, 0.29) is 11.7 Å². The number of unbranched alkanes of at least 4 members (excludes halogenated alkanes) is 2. The van der Waals surface area contributed by atoms with Crippen LogP contribution in [-0.4, -0.2) is 62.6 Å². The molecule has 0 spiro atoms. The number of hydrogen-bond acceptors (Lipinski definition) is 6. The Balaban J connectivity index is 1.73. The van der Waals surface area contributed by atoms with Gasteiger partial charge in [0.1, 0.15) is 11.9 Å². The molecule has 2 unspecified atom stereocenters. The summed E-state index contributed by atoms with van der Waals surface area (Å²) in [5.74, 6) is 0.0637. The van der Waals surface area contributed by atoms with Crippen molar-refractivity contribution in [2.45, 2.75) is 71.9 Å². The van der Waals surface area contributed by atoms with Crippen LogP contribution in [0, 0.1) is 0 Å². The molecule has 2 heterocycles. The average molecular weight is 565 g/mol. The number of amides is 1. The van der Waals surface area contributed by atoms with Crippen molar-refractivity contribution >= 4 is 17.4 Å². The van der Waals surface area contributed by atoms with Crippen LogP contribution in [0.5, 0.6) is 17.2 Å². The maximum atomic E-state index is 14.0. The molecule has 2 aliphatic rings. The Labute approximate surface area is 243 Å². The van der Waals surface area contributed by atoms with Gasteiger partial charge in [-0.3, -0.25) is 9.59 Å². The number of methoxy groups -OCH3 is 1. The van der Waals surface area contributed by atoms with E-state index in [4.69, 9.17) is 14.2 Å². The van der Waals surface area contributed by atoms with Crippen molar-refractivity contribution in [2.75, 3.05) is 39.9 Å². The third-order valence-electron chi connectivity index (χ3n) is 8.13. The Kier molecular flexibility index (Phi) is 10.3. The van der Waals surface area contributed by atoms with Gasteiger partial charge >= 0.3 is 0 Å². The summed E-state index contributed by atoms with van der Waals surface area (Å²) in [5, 5.41) is 14.0. The van der Waals surface area contributed by atoms with E-state index in [1.807, 2.05) is 19.1 Å². The molecule has 0 saturated carbocycles. The standard InChI is InChI=1S/C33H44N2O6/c1-6-9-10-18-40-27-15-12-23(21-28(27)39-5)30-29(31(36)24-13-14-26-25(20-24)19-22(4)41-26)32(37)33(38)35(30)17-11-16-34(7-2)8-3/h12-15,20-22,30,36H,6-11,16-19H2,1-5H3/b31-29+. The van der Waals surface area contributed by atoms with Gasteiger partial charge in [-0.1, -0.05) is 37.7 Å². The molecule has 1 amide bonds. The number of hydrogen-bond donors (Lipinski definition) is 1. The second-order valence-corrected chi connectivity index (χ2v) is 11.0. The van der Waals surface area contributed by atoms with E-state index in [9.17, 15) is 14.7 Å². The SMILES string of the molecule is CCCCCOc1ccc(C2/C(=C(\[O-])c3ccc4c(c3)CC(C)O4)C(=O)C(=O)N2CCC[NH+](CC)CC)cc1OC. The lowest BCUT2D eigenvalue weighted by atomic mass is 9.94. The molecule has 0 radical (unpaired) electrons. The van der Waals surface area contributed by atoms with Gasteiger partial charge in [0.2, 0.25) is 5.78 Å². The molecule has 2 aromatic carbocycles. The van der Waals surface area contributed by atoms with Crippen LogP contribution >= 0.6 is 0 Å². The quantitative estimate of drug-likeness (QED) is 0.164. The van der Waals surface area contributed by atoms with Crippen molar-refractivity contribution in [1.29, 1.82) is 0 Å². The van der Waals surface area contributed by atoms with Crippen molar-refractivity contribution in [3.8, 4) is 17.2 Å². The minimum absolute atomic E-state index is 0.0178. The van der Waals surface area contributed by atoms with Gasteiger partial charge in [-0.15, -0.1) is 0 Å². The smallest absolute Gasteiger partial charge is 0.295 e. The van der Waals surface area contributed by atoms with Crippen molar-refractivity contribution in [3.05, 3.63) is 58.7 Å². The van der Waals surface area contributed by atoms with E-state index in [1.165, 1.54) is 4.90 Å². The van der Waals surface area contributed by atoms with Crippen molar-refractivity contribution in [2.24, 2.45) is 0 Å². The summed E-state index contributed by atoms with van der Waals surface area (Å²) in [6.45, 7) is 12.2. The van der Waals surface area contributed by atoms with E-state index in [0.29, 0.717) is 42.2 Å². The van der Waals surface area contributed by atoms with Gasteiger partial charge in [0.25, 0.3) is 5.91 Å². The Hall–Kier alpha value is -3.52. The monoisotopic (exact) mass is 564 g/mol. The molecule has 8 nitrogen and oxygen atoms in total. The van der Waals surface area contributed by atoms with Crippen LogP contribution in [0.2, 0.25) is 0 Å². The summed E-state index contributed by atoms with van der Waals surface area (Å²) in [7, 11) is 1.57. The van der Waals surface area contributed by atoms with Gasteiger partial charge in [0.05, 0.1) is 39.4 Å². The molecule has 0 aliphatic carbocycles. The zero-order valence-electron chi connectivity index (χ0n) is 25.1. The van der Waals surface area contributed by atoms with Crippen LogP contribution in [0.1, 0.15) is 76.1 Å². The lowest BCUT2D eigenvalue weighted by molar-refractivity contribution is -0.896. The van der Waals surface area contributed by atoms with Gasteiger partial charge in [-0.05, 0) is 68.1 Å². The zero-order chi connectivity index (χ0) is 29.5. The zero-order valence-corrected chi connectivity index (χ0v) is 25.1. The van der Waals surface area contributed by atoms with Crippen molar-refractivity contribution in [1.82, 2.24) is 4.90 Å². The van der Waals surface area contributed by atoms with Crippen molar-refractivity contribution in [3.63, 3.8) is 0 Å². The van der Waals surface area contributed by atoms with Gasteiger partial charge in [0, 0.05) is 25.0 Å². The molecular weight excluding hydrogens is 520 g/mol. The van der Waals surface area contributed by atoms with Crippen LogP contribution in [0.4, 0.5) is 0 Å². The first kappa shape index (κ1) is 30.4. The maximum absolute atomic E-state index is 14.0. The second-order valence-electron chi connectivity index (χ2n) is 11.0. The van der Waals surface area contributed by atoms with E-state index < -0.39 is 23.5 Å². The van der Waals surface area contributed by atoms with E-state index >= 15 is 0 Å². The summed E-state index contributed by atoms with van der Waals surface area (Å²) >= 11 is 0. The number of quaternary nitrogens is 1. The molecule has 0 bridgehead atoms. The molecule has 2 atom stereocenters. The average Bonchev–Trinajstić information content (AvgIpc) is 3.48. The van der Waals surface area contributed by atoms with Crippen LogP contribution in [-0.2, 0) is 16.0 Å². The fraction of sp³-hybridized carbons (Fsp3) is 0.515. The number of carbonyl (C=O) groups is 2. The number of Topliss-reactive ketones (excluding diaryl/α,β-unsaturated/α-hetero) is 1. The predicted molar refractivity (Wildman–Crippen MR) is 156 cm³/mol. The lowest BCUT2D eigenvalue weighted by Crippen LogP contribution is -3.11. The largest absolute Gasteiger partial charge is 0.872 e. The number of carbonyl (C=O) groups excluding carboxylic acids is 2. The molecule has 0 aromatic heterocycles. The third kappa shape index (κ3) is 6.70. The summed E-state index contributed by atoms with van der Waals surface area (Å²) < 4.78 is 17.4. The van der Waals surface area contributed by atoms with Crippen molar-refractivity contribution < 1.29 is 33.8 Å². The van der Waals surface area contributed by atoms with Gasteiger partial charge in [-0.2, -0.15) is 0 Å². The van der Waals surface area contributed by atoms with Crippen LogP contribution in [0.25, 0.3) is 5.76 Å². The maximum Gasteiger partial charge on any atom is 0.295 e. The first-order chi connectivity index (χ1) is 19.8. The highest BCUT2D eigenvalue weighted by Gasteiger charge is 2.44. The summed E-state index contributed by atoms with van der Waals surface area (Å²) in [6.07, 6.45) is 4.55. The number of ketones is 1. The van der Waals surface area contributed by atoms with Crippen LogP contribution in [0.15, 0.2) is 42.0 Å². The molecule has 1 fully saturated rings. The van der Waals surface area contributed by atoms with E-state index in [1.54, 1.807) is 36.3 Å². The highest BCUT2D eigenvalue weighted by Crippen LogP contribution is 2.42. The van der Waals surface area contributed by atoms with E-state index in [0.717, 1.165) is 56.6 Å². The lowest BCUT2D eigenvalue weighted by Gasteiger charge is -2.28. The van der Waals surface area contributed by atoms with Gasteiger partial charge in [-0.25, -0.2) is 0 Å². The molecule has 8 heteroatoms. The Morgan fingerprint density at radius 1 is 1.05 bits per heavy atom. The molecule has 2 aliphatic heterocycles.